The number of halogens is 1. The van der Waals surface area contributed by atoms with Gasteiger partial charge in [0.25, 0.3) is 0 Å². The number of Topliss-reactive ketones (excluding diaryl/α,β-unsaturated/α-hetero) is 1. The highest BCUT2D eigenvalue weighted by Crippen LogP contribution is 2.70. The van der Waals surface area contributed by atoms with Gasteiger partial charge in [0.2, 0.25) is 0 Å². The molecule has 4 N–H and O–H groups in total. The van der Waals surface area contributed by atoms with Crippen LogP contribution < -0.4 is 0 Å². The molecule has 0 aliphatic heterocycles. The average molecular weight is 441 g/mol. The van der Waals surface area contributed by atoms with Crippen LogP contribution in [0.25, 0.3) is 0 Å². The molecule has 0 radical (unpaired) electrons. The molecule has 7 nitrogen and oxygen atoms in total. The minimum absolute atomic E-state index is 0.0223. The molecule has 4 aliphatic rings. The summed E-state index contributed by atoms with van der Waals surface area (Å²) in [5, 5.41) is 41.6. The van der Waals surface area contributed by atoms with E-state index in [0.29, 0.717) is 19.3 Å². The Morgan fingerprint density at radius 3 is 2.61 bits per heavy atom. The van der Waals surface area contributed by atoms with Crippen LogP contribution >= 0.6 is 0 Å². The summed E-state index contributed by atoms with van der Waals surface area (Å²) in [7, 11) is 0. The van der Waals surface area contributed by atoms with Gasteiger partial charge < -0.3 is 25.2 Å². The number of alkyl halides is 1. The second-order valence-electron chi connectivity index (χ2n) is 10.3. The third kappa shape index (κ3) is 2.75. The summed E-state index contributed by atoms with van der Waals surface area (Å²) in [4.78, 5) is 24.8. The number of fused-ring (bicyclic) bond motifs is 5. The summed E-state index contributed by atoms with van der Waals surface area (Å²) in [6.07, 6.45) is 0.549. The van der Waals surface area contributed by atoms with Crippen LogP contribution in [0, 0.1) is 22.7 Å². The Morgan fingerprint density at radius 1 is 1.26 bits per heavy atom. The van der Waals surface area contributed by atoms with Gasteiger partial charge in [-0.25, -0.2) is 4.39 Å². The van der Waals surface area contributed by atoms with Gasteiger partial charge in [-0.1, -0.05) is 19.4 Å². The van der Waals surface area contributed by atoms with Crippen LogP contribution in [0.1, 0.15) is 52.4 Å². The van der Waals surface area contributed by atoms with Gasteiger partial charge in [0.15, 0.2) is 17.2 Å². The van der Waals surface area contributed by atoms with Gasteiger partial charge in [-0.15, -0.1) is 0 Å². The zero-order chi connectivity index (χ0) is 22.8. The number of hydrogen-bond donors (Lipinski definition) is 4. The number of aliphatic hydroxyl groups excluding tert-OH is 3. The quantitative estimate of drug-likeness (QED) is 0.500. The molecule has 0 saturated heterocycles. The molecule has 0 heterocycles. The maximum absolute atomic E-state index is 17.1. The van der Waals surface area contributed by atoms with E-state index in [1.54, 1.807) is 13.8 Å². The molecule has 0 aromatic rings. The molecule has 3 fully saturated rings. The Balaban J connectivity index is 1.80. The highest BCUT2D eigenvalue weighted by atomic mass is 19.1. The van der Waals surface area contributed by atoms with Crippen LogP contribution in [-0.4, -0.2) is 75.3 Å². The van der Waals surface area contributed by atoms with Crippen LogP contribution in [0.4, 0.5) is 4.39 Å². The number of hydrogen-bond acceptors (Lipinski definition) is 7. The molecule has 0 bridgehead atoms. The first kappa shape index (κ1) is 23.0. The van der Waals surface area contributed by atoms with Crippen molar-refractivity contribution >= 4 is 11.6 Å². The fourth-order valence-corrected chi connectivity index (χ4v) is 7.56. The molecule has 174 valence electrons. The summed E-state index contributed by atoms with van der Waals surface area (Å²) in [6, 6.07) is 0. The van der Waals surface area contributed by atoms with Crippen molar-refractivity contribution in [3.8, 4) is 0 Å². The van der Waals surface area contributed by atoms with E-state index in [-0.39, 0.29) is 38.3 Å². The Hall–Kier alpha value is -1.19. The van der Waals surface area contributed by atoms with Gasteiger partial charge >= 0.3 is 0 Å². The van der Waals surface area contributed by atoms with Crippen molar-refractivity contribution in [2.24, 2.45) is 22.7 Å². The highest BCUT2D eigenvalue weighted by molar-refractivity contribution is 5.92. The van der Waals surface area contributed by atoms with Gasteiger partial charge in [0, 0.05) is 23.2 Å². The lowest BCUT2D eigenvalue weighted by molar-refractivity contribution is -0.232. The number of allylic oxidation sites excluding steroid dienone is 1. The summed E-state index contributed by atoms with van der Waals surface area (Å²) in [6.45, 7) is 2.15. The Kier molecular flexibility index (Phi) is 5.50. The topological polar surface area (TPSA) is 124 Å². The summed E-state index contributed by atoms with van der Waals surface area (Å²) < 4.78 is 22.7. The van der Waals surface area contributed by atoms with Gasteiger partial charge in [-0.3, -0.25) is 9.59 Å². The second-order valence-corrected chi connectivity index (χ2v) is 10.3. The zero-order valence-corrected chi connectivity index (χ0v) is 18.1. The zero-order valence-electron chi connectivity index (χ0n) is 18.1. The Labute approximate surface area is 181 Å². The predicted octanol–water partition coefficient (Wildman–Crippen LogP) is 0.861. The maximum Gasteiger partial charge on any atom is 0.192 e. The molecule has 0 aromatic carbocycles. The minimum Gasteiger partial charge on any atom is -0.394 e. The lowest BCUT2D eigenvalue weighted by Crippen LogP contribution is -2.70. The van der Waals surface area contributed by atoms with Gasteiger partial charge in [-0.05, 0) is 44.1 Å². The second kappa shape index (κ2) is 7.42. The monoisotopic (exact) mass is 440 g/mol. The first-order valence-electron chi connectivity index (χ1n) is 11.2. The van der Waals surface area contributed by atoms with Crippen LogP contribution in [0.3, 0.4) is 0 Å². The normalized spacial score (nSPS) is 49.1. The van der Waals surface area contributed by atoms with Crippen molar-refractivity contribution in [1.82, 2.24) is 0 Å². The maximum atomic E-state index is 17.1. The first-order chi connectivity index (χ1) is 14.5. The smallest absolute Gasteiger partial charge is 0.192 e. The van der Waals surface area contributed by atoms with Crippen LogP contribution in [0.5, 0.6) is 0 Å². The summed E-state index contributed by atoms with van der Waals surface area (Å²) in [5.41, 5.74) is -5.55. The van der Waals surface area contributed by atoms with Gasteiger partial charge in [-0.2, -0.15) is 0 Å². The van der Waals surface area contributed by atoms with Crippen molar-refractivity contribution in [3.05, 3.63) is 11.6 Å². The van der Waals surface area contributed by atoms with E-state index < -0.39 is 58.5 Å². The average Bonchev–Trinajstić information content (AvgIpc) is 2.95. The number of aliphatic hydroxyl groups is 4. The number of carbonyl (C=O) groups excluding carboxylic acids is 2. The van der Waals surface area contributed by atoms with E-state index in [1.165, 1.54) is 6.08 Å². The lowest BCUT2D eigenvalue weighted by Gasteiger charge is -2.63. The molecule has 0 unspecified atom stereocenters. The molecule has 4 aliphatic carbocycles. The van der Waals surface area contributed by atoms with E-state index in [0.717, 1.165) is 5.57 Å². The Morgan fingerprint density at radius 2 is 1.97 bits per heavy atom. The van der Waals surface area contributed by atoms with E-state index in [9.17, 15) is 30.0 Å². The minimum atomic E-state index is -2.09. The SMILES string of the molecule is C[C@]12CCC(=O)C=C1CC[C@H]1[C@@H]3C[C@@H](OCCO)[C@](O)(C(=O)CO)[C@@]3(C)C[C@H](O)[C@@]12F. The van der Waals surface area contributed by atoms with Crippen molar-refractivity contribution < 1.29 is 39.1 Å². The first-order valence-corrected chi connectivity index (χ1v) is 11.2. The fourth-order valence-electron chi connectivity index (χ4n) is 7.56. The van der Waals surface area contributed by atoms with Crippen LogP contribution in [-0.2, 0) is 14.3 Å². The largest absolute Gasteiger partial charge is 0.394 e. The number of ether oxygens (including phenoxy) is 1. The summed E-state index contributed by atoms with van der Waals surface area (Å²) >= 11 is 0. The van der Waals surface area contributed by atoms with E-state index >= 15 is 4.39 Å². The van der Waals surface area contributed by atoms with Crippen LogP contribution in [0.15, 0.2) is 11.6 Å². The lowest BCUT2D eigenvalue weighted by atomic mass is 9.44. The summed E-state index contributed by atoms with van der Waals surface area (Å²) in [5.74, 6) is -1.95. The van der Waals surface area contributed by atoms with Crippen molar-refractivity contribution in [2.45, 2.75) is 75.9 Å². The molecule has 0 amide bonds. The molecule has 4 rings (SSSR count). The van der Waals surface area contributed by atoms with Crippen molar-refractivity contribution in [3.63, 3.8) is 0 Å². The standard InChI is InChI=1S/C23H33FO7/c1-20-6-5-14(27)9-13(20)3-4-15-16-10-19(31-8-7-25)23(30,18(29)12-26)21(16,2)11-17(28)22(15,20)24/h9,15-17,19,25-26,28,30H,3-8,10-12H2,1-2H3/t15-,16-,17-,19+,20-,21-,22-,23+/m0/s1. The predicted molar refractivity (Wildman–Crippen MR) is 108 cm³/mol. The van der Waals surface area contributed by atoms with E-state index in [4.69, 9.17) is 4.74 Å². The molecule has 8 heteroatoms. The molecule has 3 saturated carbocycles. The molecule has 8 atom stereocenters. The highest BCUT2D eigenvalue weighted by Gasteiger charge is 2.76. The van der Waals surface area contributed by atoms with Gasteiger partial charge in [0.05, 0.1) is 25.4 Å². The fraction of sp³-hybridized carbons (Fsp3) is 0.826. The third-order valence-corrected chi connectivity index (χ3v) is 9.22. The van der Waals surface area contributed by atoms with Gasteiger partial charge in [0.1, 0.15) is 12.3 Å². The number of rotatable bonds is 5. The molecule has 0 aromatic heterocycles. The molecular formula is C23H33FO7. The third-order valence-electron chi connectivity index (χ3n) is 9.22. The van der Waals surface area contributed by atoms with Crippen molar-refractivity contribution in [2.75, 3.05) is 19.8 Å². The van der Waals surface area contributed by atoms with E-state index in [2.05, 4.69) is 0 Å². The molecule has 31 heavy (non-hydrogen) atoms. The molecular weight excluding hydrogens is 407 g/mol. The number of carbonyl (C=O) groups is 2. The Bertz CT molecular complexity index is 814. The molecule has 0 spiro atoms. The van der Waals surface area contributed by atoms with Crippen LogP contribution in [0.2, 0.25) is 0 Å². The van der Waals surface area contributed by atoms with E-state index in [1.807, 2.05) is 0 Å². The number of ketones is 2. The van der Waals surface area contributed by atoms with Crippen molar-refractivity contribution in [1.29, 1.82) is 0 Å².